The molecule has 6 heteroatoms. The molecule has 1 aliphatic carbocycles. The smallest absolute Gasteiger partial charge is 0.129 e. The summed E-state index contributed by atoms with van der Waals surface area (Å²) in [6.07, 6.45) is 2.22. The topological polar surface area (TPSA) is 86.7 Å². The number of hydrogen-bond donors (Lipinski definition) is 3. The molecule has 4 rings (SSSR count). The second-order valence-electron chi connectivity index (χ2n) is 7.31. The fraction of sp³-hybridized carbons (Fsp3) is 0.450. The number of aliphatic hydroxyl groups is 1. The molecule has 0 spiro atoms. The predicted molar refractivity (Wildman–Crippen MR) is 103 cm³/mol. The lowest BCUT2D eigenvalue weighted by molar-refractivity contribution is 0.0731. The van der Waals surface area contributed by atoms with Crippen LogP contribution in [0.3, 0.4) is 0 Å². The standard InChI is InChI=1S/C20H25N5O/c1-11-4-5-16-20(12(11)2)25-18(24-16)6-7-21-19-10-17(22-13(3)23-19)14-8-15(26)9-14/h4-5,10,14-15,26H,6-9H2,1-3H3,(H,24,25)(H,21,22,23). The summed E-state index contributed by atoms with van der Waals surface area (Å²) in [4.78, 5) is 17.1. The molecule has 1 saturated carbocycles. The molecule has 26 heavy (non-hydrogen) atoms. The predicted octanol–water partition coefficient (Wildman–Crippen LogP) is 3.17. The Morgan fingerprint density at radius 2 is 1.96 bits per heavy atom. The van der Waals surface area contributed by atoms with Gasteiger partial charge in [0.05, 0.1) is 17.1 Å². The monoisotopic (exact) mass is 351 g/mol. The average Bonchev–Trinajstić information content (AvgIpc) is 2.99. The zero-order valence-electron chi connectivity index (χ0n) is 15.5. The largest absolute Gasteiger partial charge is 0.393 e. The van der Waals surface area contributed by atoms with Gasteiger partial charge in [0.25, 0.3) is 0 Å². The normalized spacial score (nSPS) is 19.5. The highest BCUT2D eigenvalue weighted by Crippen LogP contribution is 2.36. The van der Waals surface area contributed by atoms with Crippen LogP contribution in [0.25, 0.3) is 11.0 Å². The molecule has 0 radical (unpaired) electrons. The number of nitrogens with zero attached hydrogens (tertiary/aromatic N) is 3. The van der Waals surface area contributed by atoms with E-state index >= 15 is 0 Å². The number of benzene rings is 1. The molecule has 2 aromatic heterocycles. The van der Waals surface area contributed by atoms with Gasteiger partial charge in [0.15, 0.2) is 0 Å². The van der Waals surface area contributed by atoms with Crippen LogP contribution in [-0.4, -0.2) is 37.7 Å². The first-order chi connectivity index (χ1) is 12.5. The van der Waals surface area contributed by atoms with E-state index in [-0.39, 0.29) is 6.10 Å². The summed E-state index contributed by atoms with van der Waals surface area (Å²) in [5, 5.41) is 12.9. The van der Waals surface area contributed by atoms with E-state index in [4.69, 9.17) is 4.98 Å². The maximum absolute atomic E-state index is 9.51. The number of aryl methyl sites for hydroxylation is 3. The summed E-state index contributed by atoms with van der Waals surface area (Å²) >= 11 is 0. The van der Waals surface area contributed by atoms with Gasteiger partial charge in [0.2, 0.25) is 0 Å². The Labute approximate surface area is 153 Å². The maximum Gasteiger partial charge on any atom is 0.129 e. The SMILES string of the molecule is Cc1nc(NCCc2nc3c(C)c(C)ccc3[nH]2)cc(C2CC(O)C2)n1. The number of aromatic nitrogens is 4. The summed E-state index contributed by atoms with van der Waals surface area (Å²) in [5.41, 5.74) is 5.67. The van der Waals surface area contributed by atoms with Crippen LogP contribution in [0.4, 0.5) is 5.82 Å². The second-order valence-corrected chi connectivity index (χ2v) is 7.31. The van der Waals surface area contributed by atoms with Crippen molar-refractivity contribution >= 4 is 16.9 Å². The van der Waals surface area contributed by atoms with Crippen LogP contribution < -0.4 is 5.32 Å². The number of fused-ring (bicyclic) bond motifs is 1. The first-order valence-corrected chi connectivity index (χ1v) is 9.22. The Bertz CT molecular complexity index is 943. The molecule has 3 N–H and O–H groups in total. The fourth-order valence-corrected chi connectivity index (χ4v) is 3.51. The van der Waals surface area contributed by atoms with E-state index in [1.807, 2.05) is 13.0 Å². The van der Waals surface area contributed by atoms with Crippen LogP contribution in [0, 0.1) is 20.8 Å². The number of hydrogen-bond acceptors (Lipinski definition) is 5. The quantitative estimate of drug-likeness (QED) is 0.657. The third kappa shape index (κ3) is 3.29. The zero-order valence-corrected chi connectivity index (χ0v) is 15.5. The molecule has 6 nitrogen and oxygen atoms in total. The second kappa shape index (κ2) is 6.68. The van der Waals surface area contributed by atoms with Gasteiger partial charge in [-0.3, -0.25) is 0 Å². The van der Waals surface area contributed by atoms with Crippen molar-refractivity contribution in [3.05, 3.63) is 46.7 Å². The van der Waals surface area contributed by atoms with Gasteiger partial charge in [-0.15, -0.1) is 0 Å². The molecule has 0 amide bonds. The van der Waals surface area contributed by atoms with E-state index < -0.39 is 0 Å². The molecule has 3 aromatic rings. The van der Waals surface area contributed by atoms with Crippen LogP contribution in [0.2, 0.25) is 0 Å². The van der Waals surface area contributed by atoms with Gasteiger partial charge in [-0.2, -0.15) is 0 Å². The number of aromatic amines is 1. The number of imidazole rings is 1. The van der Waals surface area contributed by atoms with Gasteiger partial charge >= 0.3 is 0 Å². The van der Waals surface area contributed by atoms with Gasteiger partial charge in [-0.1, -0.05) is 6.07 Å². The van der Waals surface area contributed by atoms with Gasteiger partial charge in [-0.25, -0.2) is 15.0 Å². The van der Waals surface area contributed by atoms with E-state index in [2.05, 4.69) is 46.2 Å². The summed E-state index contributed by atoms with van der Waals surface area (Å²) in [5.74, 6) is 2.95. The third-order valence-corrected chi connectivity index (χ3v) is 5.28. The highest BCUT2D eigenvalue weighted by atomic mass is 16.3. The molecule has 136 valence electrons. The van der Waals surface area contributed by atoms with Crippen molar-refractivity contribution in [3.8, 4) is 0 Å². The summed E-state index contributed by atoms with van der Waals surface area (Å²) in [6, 6.07) is 6.23. The van der Waals surface area contributed by atoms with E-state index in [1.165, 1.54) is 11.1 Å². The molecule has 0 aliphatic heterocycles. The van der Waals surface area contributed by atoms with Crippen LogP contribution in [0.1, 0.15) is 47.2 Å². The Morgan fingerprint density at radius 1 is 1.15 bits per heavy atom. The van der Waals surface area contributed by atoms with E-state index in [0.717, 1.165) is 60.0 Å². The van der Waals surface area contributed by atoms with E-state index in [1.54, 1.807) is 0 Å². The summed E-state index contributed by atoms with van der Waals surface area (Å²) in [6.45, 7) is 6.89. The Balaban J connectivity index is 1.42. The van der Waals surface area contributed by atoms with Crippen molar-refractivity contribution in [2.75, 3.05) is 11.9 Å². The molecule has 0 atom stereocenters. The number of rotatable bonds is 5. The average molecular weight is 351 g/mol. The number of nitrogens with one attached hydrogen (secondary N) is 2. The van der Waals surface area contributed by atoms with E-state index in [0.29, 0.717) is 5.92 Å². The van der Waals surface area contributed by atoms with Crippen LogP contribution >= 0.6 is 0 Å². The Morgan fingerprint density at radius 3 is 2.73 bits per heavy atom. The molecule has 1 aliphatic rings. The van der Waals surface area contributed by atoms with Crippen molar-refractivity contribution in [3.63, 3.8) is 0 Å². The Hall–Kier alpha value is -2.47. The lowest BCUT2D eigenvalue weighted by Gasteiger charge is -2.31. The zero-order chi connectivity index (χ0) is 18.3. The van der Waals surface area contributed by atoms with Crippen LogP contribution in [0.5, 0.6) is 0 Å². The minimum Gasteiger partial charge on any atom is -0.393 e. The first-order valence-electron chi connectivity index (χ1n) is 9.22. The van der Waals surface area contributed by atoms with Gasteiger partial charge in [0.1, 0.15) is 17.5 Å². The minimum atomic E-state index is -0.174. The lowest BCUT2D eigenvalue weighted by Crippen LogP contribution is -2.27. The molecular formula is C20H25N5O. The minimum absolute atomic E-state index is 0.174. The maximum atomic E-state index is 9.51. The molecule has 0 bridgehead atoms. The van der Waals surface area contributed by atoms with Gasteiger partial charge in [0, 0.05) is 30.6 Å². The Kier molecular flexibility index (Phi) is 4.36. The first kappa shape index (κ1) is 17.0. The van der Waals surface area contributed by atoms with Crippen LogP contribution in [0.15, 0.2) is 18.2 Å². The number of H-pyrrole nitrogens is 1. The van der Waals surface area contributed by atoms with Crippen molar-refractivity contribution in [2.24, 2.45) is 0 Å². The van der Waals surface area contributed by atoms with Gasteiger partial charge < -0.3 is 15.4 Å². The van der Waals surface area contributed by atoms with Gasteiger partial charge in [-0.05, 0) is 50.8 Å². The third-order valence-electron chi connectivity index (χ3n) is 5.28. The molecule has 2 heterocycles. The van der Waals surface area contributed by atoms with Crippen LogP contribution in [-0.2, 0) is 6.42 Å². The number of aliphatic hydroxyl groups excluding tert-OH is 1. The summed E-state index contributed by atoms with van der Waals surface area (Å²) in [7, 11) is 0. The van der Waals surface area contributed by atoms with Crippen molar-refractivity contribution < 1.29 is 5.11 Å². The molecule has 1 aromatic carbocycles. The van der Waals surface area contributed by atoms with Crippen molar-refractivity contribution in [1.82, 2.24) is 19.9 Å². The van der Waals surface area contributed by atoms with Crippen molar-refractivity contribution in [2.45, 2.75) is 52.1 Å². The molecular weight excluding hydrogens is 326 g/mol. The van der Waals surface area contributed by atoms with E-state index in [9.17, 15) is 5.11 Å². The summed E-state index contributed by atoms with van der Waals surface area (Å²) < 4.78 is 0. The lowest BCUT2D eigenvalue weighted by atomic mass is 9.80. The van der Waals surface area contributed by atoms with Crippen molar-refractivity contribution in [1.29, 1.82) is 0 Å². The number of anilines is 1. The molecule has 0 unspecified atom stereocenters. The highest BCUT2D eigenvalue weighted by Gasteiger charge is 2.30. The highest BCUT2D eigenvalue weighted by molar-refractivity contribution is 5.79. The molecule has 1 fully saturated rings. The fourth-order valence-electron chi connectivity index (χ4n) is 3.51. The molecule has 0 saturated heterocycles.